The Kier molecular flexibility index (Phi) is 3.75. The van der Waals surface area contributed by atoms with Crippen LogP contribution in [-0.4, -0.2) is 18.3 Å². The second kappa shape index (κ2) is 5.51. The van der Waals surface area contributed by atoms with Crippen molar-refractivity contribution in [1.29, 1.82) is 0 Å². The molecule has 3 rings (SSSR count). The highest BCUT2D eigenvalue weighted by molar-refractivity contribution is 8.22. The molecule has 19 heavy (non-hydrogen) atoms. The molecule has 0 spiro atoms. The maximum atomic E-state index is 11.8. The minimum Gasteiger partial charge on any atom is -0.454 e. The van der Waals surface area contributed by atoms with Crippen LogP contribution in [0.3, 0.4) is 0 Å². The van der Waals surface area contributed by atoms with Crippen molar-refractivity contribution in [2.24, 2.45) is 0 Å². The first kappa shape index (κ1) is 12.9. The molecule has 2 heterocycles. The fourth-order valence-corrected chi connectivity index (χ4v) is 4.59. The number of allylic oxidation sites excluding steroid dienone is 1. The summed E-state index contributed by atoms with van der Waals surface area (Å²) in [5.74, 6) is 2.76. The molecular formula is C14H14O3S2. The number of fused-ring (bicyclic) bond motifs is 1. The Balaban J connectivity index is 1.83. The first-order chi connectivity index (χ1) is 9.26. The van der Waals surface area contributed by atoms with Crippen molar-refractivity contribution in [1.82, 2.24) is 0 Å². The Hall–Kier alpha value is -1.07. The van der Waals surface area contributed by atoms with Gasteiger partial charge in [-0.3, -0.25) is 4.79 Å². The van der Waals surface area contributed by atoms with Crippen LogP contribution in [0.1, 0.15) is 24.2 Å². The van der Waals surface area contributed by atoms with Gasteiger partial charge in [0, 0.05) is 22.0 Å². The summed E-state index contributed by atoms with van der Waals surface area (Å²) in [7, 11) is 0. The SMILES string of the molecule is CCSC1=CC(=O)C[C@H](c2ccc3c(c2)OCO3)S1. The van der Waals surface area contributed by atoms with Gasteiger partial charge in [-0.25, -0.2) is 0 Å². The summed E-state index contributed by atoms with van der Waals surface area (Å²) in [6, 6.07) is 5.94. The van der Waals surface area contributed by atoms with Crippen molar-refractivity contribution in [2.45, 2.75) is 18.6 Å². The summed E-state index contributed by atoms with van der Waals surface area (Å²) in [6.45, 7) is 2.38. The molecular weight excluding hydrogens is 280 g/mol. The summed E-state index contributed by atoms with van der Waals surface area (Å²) in [5.41, 5.74) is 1.13. The van der Waals surface area contributed by atoms with Crippen LogP contribution in [0.2, 0.25) is 0 Å². The van der Waals surface area contributed by atoms with E-state index in [0.29, 0.717) is 6.42 Å². The van der Waals surface area contributed by atoms with Crippen LogP contribution in [0.25, 0.3) is 0 Å². The molecule has 2 aliphatic rings. The lowest BCUT2D eigenvalue weighted by molar-refractivity contribution is -0.114. The van der Waals surface area contributed by atoms with E-state index in [1.54, 1.807) is 29.6 Å². The number of carbonyl (C=O) groups is 1. The molecule has 0 fully saturated rings. The average molecular weight is 294 g/mol. The highest BCUT2D eigenvalue weighted by Crippen LogP contribution is 2.47. The van der Waals surface area contributed by atoms with Gasteiger partial charge in [-0.1, -0.05) is 13.0 Å². The Bertz CT molecular complexity index is 539. The molecule has 0 unspecified atom stereocenters. The van der Waals surface area contributed by atoms with E-state index in [0.717, 1.165) is 27.1 Å². The maximum absolute atomic E-state index is 11.8. The molecule has 0 amide bonds. The fourth-order valence-electron chi connectivity index (χ4n) is 2.11. The van der Waals surface area contributed by atoms with Crippen LogP contribution < -0.4 is 9.47 Å². The van der Waals surface area contributed by atoms with Gasteiger partial charge in [0.25, 0.3) is 0 Å². The molecule has 0 radical (unpaired) electrons. The number of ether oxygens (including phenoxy) is 2. The Morgan fingerprint density at radius 2 is 2.21 bits per heavy atom. The number of rotatable bonds is 3. The number of ketones is 1. The van der Waals surface area contributed by atoms with E-state index in [9.17, 15) is 4.79 Å². The third kappa shape index (κ3) is 2.77. The van der Waals surface area contributed by atoms with E-state index >= 15 is 0 Å². The average Bonchev–Trinajstić information content (AvgIpc) is 2.85. The monoisotopic (exact) mass is 294 g/mol. The molecule has 1 aromatic carbocycles. The molecule has 0 N–H and O–H groups in total. The van der Waals surface area contributed by atoms with Crippen molar-refractivity contribution in [3.8, 4) is 11.5 Å². The topological polar surface area (TPSA) is 35.5 Å². The molecule has 1 atom stereocenters. The van der Waals surface area contributed by atoms with E-state index in [1.165, 1.54) is 0 Å². The van der Waals surface area contributed by atoms with Crippen LogP contribution in [0, 0.1) is 0 Å². The van der Waals surface area contributed by atoms with Gasteiger partial charge in [0.2, 0.25) is 6.79 Å². The highest BCUT2D eigenvalue weighted by Gasteiger charge is 2.25. The van der Waals surface area contributed by atoms with Gasteiger partial charge in [0.1, 0.15) is 0 Å². The summed E-state index contributed by atoms with van der Waals surface area (Å²) < 4.78 is 11.8. The lowest BCUT2D eigenvalue weighted by Crippen LogP contribution is -2.07. The van der Waals surface area contributed by atoms with Crippen LogP contribution in [0.4, 0.5) is 0 Å². The smallest absolute Gasteiger partial charge is 0.231 e. The standard InChI is InChI=1S/C14H14O3S2/c1-2-18-14-7-10(15)6-13(19-14)9-3-4-11-12(5-9)17-8-16-11/h3-5,7,13H,2,6,8H2,1H3/t13-/m1/s1. The van der Waals surface area contributed by atoms with E-state index in [2.05, 4.69) is 6.92 Å². The van der Waals surface area contributed by atoms with Crippen molar-refractivity contribution in [3.63, 3.8) is 0 Å². The van der Waals surface area contributed by atoms with Gasteiger partial charge >= 0.3 is 0 Å². The molecule has 0 bridgehead atoms. The minimum atomic E-state index is 0.182. The van der Waals surface area contributed by atoms with Crippen molar-refractivity contribution < 1.29 is 14.3 Å². The van der Waals surface area contributed by atoms with Crippen molar-refractivity contribution >= 4 is 29.3 Å². The second-order valence-corrected chi connectivity index (χ2v) is 7.09. The Labute approximate surface area is 120 Å². The third-order valence-corrected chi connectivity index (χ3v) is 5.39. The molecule has 1 aromatic rings. The number of hydrogen-bond donors (Lipinski definition) is 0. The van der Waals surface area contributed by atoms with Crippen molar-refractivity contribution in [2.75, 3.05) is 12.5 Å². The molecule has 2 aliphatic heterocycles. The van der Waals surface area contributed by atoms with Crippen LogP contribution >= 0.6 is 23.5 Å². The summed E-state index contributed by atoms with van der Waals surface area (Å²) >= 11 is 3.49. The first-order valence-corrected chi connectivity index (χ1v) is 8.06. The largest absolute Gasteiger partial charge is 0.454 e. The molecule has 0 saturated carbocycles. The first-order valence-electron chi connectivity index (χ1n) is 6.20. The Morgan fingerprint density at radius 3 is 3.05 bits per heavy atom. The zero-order chi connectivity index (χ0) is 13.2. The van der Waals surface area contributed by atoms with E-state index in [1.807, 2.05) is 18.2 Å². The number of thioether (sulfide) groups is 2. The van der Waals surface area contributed by atoms with Gasteiger partial charge < -0.3 is 9.47 Å². The molecule has 100 valence electrons. The Morgan fingerprint density at radius 1 is 1.37 bits per heavy atom. The molecule has 0 saturated heterocycles. The lowest BCUT2D eigenvalue weighted by atomic mass is 10.1. The zero-order valence-corrected chi connectivity index (χ0v) is 12.2. The normalized spacial score (nSPS) is 21.4. The summed E-state index contributed by atoms with van der Waals surface area (Å²) in [5, 5.41) is 0.182. The lowest BCUT2D eigenvalue weighted by Gasteiger charge is -2.21. The number of benzene rings is 1. The number of carbonyl (C=O) groups excluding carboxylic acids is 1. The molecule has 5 heteroatoms. The third-order valence-electron chi connectivity index (χ3n) is 2.98. The maximum Gasteiger partial charge on any atom is 0.231 e. The van der Waals surface area contributed by atoms with E-state index < -0.39 is 0 Å². The van der Waals surface area contributed by atoms with Gasteiger partial charge in [-0.15, -0.1) is 23.5 Å². The molecule has 0 aliphatic carbocycles. The molecule has 3 nitrogen and oxygen atoms in total. The van der Waals surface area contributed by atoms with E-state index in [4.69, 9.17) is 9.47 Å². The fraction of sp³-hybridized carbons (Fsp3) is 0.357. The van der Waals surface area contributed by atoms with Gasteiger partial charge in [-0.2, -0.15) is 0 Å². The van der Waals surface area contributed by atoms with Gasteiger partial charge in [0.15, 0.2) is 17.3 Å². The number of hydrogen-bond acceptors (Lipinski definition) is 5. The summed E-state index contributed by atoms with van der Waals surface area (Å²) in [4.78, 5) is 11.8. The second-order valence-electron chi connectivity index (χ2n) is 4.29. The van der Waals surface area contributed by atoms with E-state index in [-0.39, 0.29) is 17.8 Å². The quantitative estimate of drug-likeness (QED) is 0.848. The van der Waals surface area contributed by atoms with Crippen LogP contribution in [-0.2, 0) is 4.79 Å². The van der Waals surface area contributed by atoms with Crippen LogP contribution in [0.15, 0.2) is 28.5 Å². The predicted molar refractivity (Wildman–Crippen MR) is 78.7 cm³/mol. The highest BCUT2D eigenvalue weighted by atomic mass is 32.2. The molecule has 0 aromatic heterocycles. The minimum absolute atomic E-state index is 0.182. The van der Waals surface area contributed by atoms with Gasteiger partial charge in [-0.05, 0) is 23.4 Å². The summed E-state index contributed by atoms with van der Waals surface area (Å²) in [6.07, 6.45) is 2.32. The van der Waals surface area contributed by atoms with Gasteiger partial charge in [0.05, 0.1) is 0 Å². The van der Waals surface area contributed by atoms with Crippen molar-refractivity contribution in [3.05, 3.63) is 34.1 Å². The predicted octanol–water partition coefficient (Wildman–Crippen LogP) is 3.76. The van der Waals surface area contributed by atoms with Crippen LogP contribution in [0.5, 0.6) is 11.5 Å². The zero-order valence-electron chi connectivity index (χ0n) is 10.5.